The van der Waals surface area contributed by atoms with E-state index < -0.39 is 17.9 Å². The van der Waals surface area contributed by atoms with Crippen LogP contribution in [0.5, 0.6) is 0 Å². The van der Waals surface area contributed by atoms with Crippen molar-refractivity contribution in [1.82, 2.24) is 0 Å². The first kappa shape index (κ1) is 23.3. The zero-order chi connectivity index (χ0) is 22.3. The molecule has 0 amide bonds. The van der Waals surface area contributed by atoms with Gasteiger partial charge < -0.3 is 24.8 Å². The highest BCUT2D eigenvalue weighted by Gasteiger charge is 2.19. The van der Waals surface area contributed by atoms with E-state index in [9.17, 15) is 14.4 Å². The highest BCUT2D eigenvalue weighted by molar-refractivity contribution is 7.80. The van der Waals surface area contributed by atoms with Crippen LogP contribution in [0.25, 0.3) is 0 Å². The fourth-order valence-corrected chi connectivity index (χ4v) is 3.68. The van der Waals surface area contributed by atoms with E-state index in [1.807, 2.05) is 6.92 Å². The predicted molar refractivity (Wildman–Crippen MR) is 119 cm³/mol. The first-order chi connectivity index (χ1) is 14.3. The second-order valence-corrected chi connectivity index (χ2v) is 7.54. The van der Waals surface area contributed by atoms with Crippen molar-refractivity contribution in [3.63, 3.8) is 0 Å². The summed E-state index contributed by atoms with van der Waals surface area (Å²) in [6, 6.07) is 6.08. The van der Waals surface area contributed by atoms with Gasteiger partial charge in [0.05, 0.1) is 42.7 Å². The Kier molecular flexibility index (Phi) is 8.31. The number of thiophene rings is 1. The van der Waals surface area contributed by atoms with Crippen LogP contribution in [0.1, 0.15) is 49.8 Å². The molecule has 160 valence electrons. The normalized spacial score (nSPS) is 10.1. The lowest BCUT2D eigenvalue weighted by molar-refractivity contribution is 0.0512. The molecule has 2 aromatic rings. The average molecular weight is 451 g/mol. The number of thiocarbonyl (C=S) groups is 1. The molecular weight excluding hydrogens is 428 g/mol. The molecule has 0 bridgehead atoms. The molecule has 2 N–H and O–H groups in total. The van der Waals surface area contributed by atoms with Crippen molar-refractivity contribution in [1.29, 1.82) is 0 Å². The molecule has 1 aromatic carbocycles. The van der Waals surface area contributed by atoms with E-state index in [1.54, 1.807) is 19.9 Å². The summed E-state index contributed by atoms with van der Waals surface area (Å²) in [5, 5.41) is 6.45. The Balaban J connectivity index is 2.31. The van der Waals surface area contributed by atoms with Crippen molar-refractivity contribution in [2.45, 2.75) is 20.8 Å². The van der Waals surface area contributed by atoms with E-state index in [4.69, 9.17) is 26.4 Å². The number of anilines is 2. The standard InChI is InChI=1S/C20H22N2O6S2/c1-5-27-17(23)12-7-8-13(19(25)28-6-2)15(10-12)21-20(29)22-16-14(18(24)26-4)9-11(3)30-16/h7-10H,5-6H2,1-4H3,(H2,21,22,29). The van der Waals surface area contributed by atoms with Gasteiger partial charge in [-0.1, -0.05) is 0 Å². The van der Waals surface area contributed by atoms with Crippen LogP contribution in [-0.2, 0) is 14.2 Å². The Bertz CT molecular complexity index is 970. The van der Waals surface area contributed by atoms with Gasteiger partial charge in [0.2, 0.25) is 0 Å². The number of hydrogen-bond acceptors (Lipinski definition) is 8. The van der Waals surface area contributed by atoms with Crippen LogP contribution < -0.4 is 10.6 Å². The monoisotopic (exact) mass is 450 g/mol. The zero-order valence-corrected chi connectivity index (χ0v) is 18.6. The minimum atomic E-state index is -0.569. The Morgan fingerprint density at radius 1 is 0.967 bits per heavy atom. The number of hydrogen-bond donors (Lipinski definition) is 2. The van der Waals surface area contributed by atoms with Crippen LogP contribution in [0.4, 0.5) is 10.7 Å². The molecule has 0 aliphatic heterocycles. The number of esters is 3. The van der Waals surface area contributed by atoms with Crippen LogP contribution in [0, 0.1) is 6.92 Å². The van der Waals surface area contributed by atoms with Crippen LogP contribution >= 0.6 is 23.6 Å². The molecule has 0 fully saturated rings. The van der Waals surface area contributed by atoms with Crippen LogP contribution in [-0.4, -0.2) is 43.3 Å². The predicted octanol–water partition coefficient (Wildman–Crippen LogP) is 4.01. The van der Waals surface area contributed by atoms with Crippen LogP contribution in [0.15, 0.2) is 24.3 Å². The van der Waals surface area contributed by atoms with Gasteiger partial charge in [0.1, 0.15) is 5.00 Å². The lowest BCUT2D eigenvalue weighted by Crippen LogP contribution is -2.22. The fourth-order valence-electron chi connectivity index (χ4n) is 2.50. The Labute approximate surface area is 183 Å². The summed E-state index contributed by atoms with van der Waals surface area (Å²) in [5.74, 6) is -1.60. The first-order valence-corrected chi connectivity index (χ1v) is 10.3. The van der Waals surface area contributed by atoms with E-state index >= 15 is 0 Å². The van der Waals surface area contributed by atoms with Gasteiger partial charge in [-0.05, 0) is 57.3 Å². The van der Waals surface area contributed by atoms with E-state index in [0.717, 1.165) is 4.88 Å². The van der Waals surface area contributed by atoms with E-state index in [0.29, 0.717) is 10.6 Å². The van der Waals surface area contributed by atoms with Gasteiger partial charge in [-0.2, -0.15) is 0 Å². The quantitative estimate of drug-likeness (QED) is 0.368. The maximum absolute atomic E-state index is 12.3. The molecule has 1 aromatic heterocycles. The third-order valence-corrected chi connectivity index (χ3v) is 4.93. The van der Waals surface area contributed by atoms with E-state index in [2.05, 4.69) is 10.6 Å². The Morgan fingerprint density at radius 3 is 2.27 bits per heavy atom. The third kappa shape index (κ3) is 5.77. The lowest BCUT2D eigenvalue weighted by atomic mass is 10.1. The smallest absolute Gasteiger partial charge is 0.340 e. The number of ether oxygens (including phenoxy) is 3. The molecule has 0 saturated carbocycles. The lowest BCUT2D eigenvalue weighted by Gasteiger charge is -2.14. The summed E-state index contributed by atoms with van der Waals surface area (Å²) in [6.45, 7) is 5.65. The fraction of sp³-hybridized carbons (Fsp3) is 0.300. The van der Waals surface area contributed by atoms with Crippen molar-refractivity contribution in [3.05, 3.63) is 45.8 Å². The topological polar surface area (TPSA) is 103 Å². The average Bonchev–Trinajstić information content (AvgIpc) is 3.07. The summed E-state index contributed by atoms with van der Waals surface area (Å²) in [7, 11) is 1.29. The van der Waals surface area contributed by atoms with Gasteiger partial charge in [-0.15, -0.1) is 11.3 Å². The maximum atomic E-state index is 12.3. The summed E-state index contributed by atoms with van der Waals surface area (Å²) in [6.07, 6.45) is 0. The largest absolute Gasteiger partial charge is 0.465 e. The minimum Gasteiger partial charge on any atom is -0.465 e. The summed E-state index contributed by atoms with van der Waals surface area (Å²) in [4.78, 5) is 37.2. The van der Waals surface area contributed by atoms with E-state index in [-0.39, 0.29) is 35.1 Å². The second-order valence-electron chi connectivity index (χ2n) is 5.87. The molecule has 0 aliphatic carbocycles. The van der Waals surface area contributed by atoms with Gasteiger partial charge in [0, 0.05) is 4.88 Å². The molecule has 0 saturated heterocycles. The highest BCUT2D eigenvalue weighted by atomic mass is 32.1. The van der Waals surface area contributed by atoms with Gasteiger partial charge in [-0.3, -0.25) is 0 Å². The van der Waals surface area contributed by atoms with Gasteiger partial charge in [-0.25, -0.2) is 14.4 Å². The Hall–Kier alpha value is -2.98. The molecular formula is C20H22N2O6S2. The number of nitrogens with one attached hydrogen (secondary N) is 2. The molecule has 2 rings (SSSR count). The Morgan fingerprint density at radius 2 is 1.63 bits per heavy atom. The number of rotatable bonds is 7. The maximum Gasteiger partial charge on any atom is 0.340 e. The van der Waals surface area contributed by atoms with E-state index in [1.165, 1.54) is 36.6 Å². The van der Waals surface area contributed by atoms with Crippen molar-refractivity contribution >= 4 is 57.3 Å². The third-order valence-electron chi connectivity index (χ3n) is 3.76. The number of methoxy groups -OCH3 is 1. The summed E-state index contributed by atoms with van der Waals surface area (Å²) < 4.78 is 14.9. The molecule has 0 radical (unpaired) electrons. The van der Waals surface area contributed by atoms with Crippen molar-refractivity contribution in [2.24, 2.45) is 0 Å². The van der Waals surface area contributed by atoms with Gasteiger partial charge in [0.25, 0.3) is 0 Å². The molecule has 0 unspecified atom stereocenters. The zero-order valence-electron chi connectivity index (χ0n) is 17.0. The van der Waals surface area contributed by atoms with Crippen LogP contribution in [0.3, 0.4) is 0 Å². The molecule has 10 heteroatoms. The SMILES string of the molecule is CCOC(=O)c1ccc(C(=O)OCC)c(NC(=S)Nc2sc(C)cc2C(=O)OC)c1. The molecule has 0 aliphatic rings. The molecule has 30 heavy (non-hydrogen) atoms. The van der Waals surface area contributed by atoms with Crippen molar-refractivity contribution in [3.8, 4) is 0 Å². The number of carbonyl (C=O) groups excluding carboxylic acids is 3. The van der Waals surface area contributed by atoms with Crippen LogP contribution in [0.2, 0.25) is 0 Å². The van der Waals surface area contributed by atoms with Gasteiger partial charge in [0.15, 0.2) is 5.11 Å². The summed E-state index contributed by atoms with van der Waals surface area (Å²) in [5.41, 5.74) is 1.06. The van der Waals surface area contributed by atoms with Crippen molar-refractivity contribution < 1.29 is 28.6 Å². The number of carbonyl (C=O) groups is 3. The second kappa shape index (κ2) is 10.7. The molecule has 8 nitrogen and oxygen atoms in total. The number of aryl methyl sites for hydroxylation is 1. The molecule has 1 heterocycles. The van der Waals surface area contributed by atoms with Crippen molar-refractivity contribution in [2.75, 3.05) is 31.0 Å². The van der Waals surface area contributed by atoms with Gasteiger partial charge >= 0.3 is 17.9 Å². The highest BCUT2D eigenvalue weighted by Crippen LogP contribution is 2.29. The summed E-state index contributed by atoms with van der Waals surface area (Å²) >= 11 is 6.67. The molecule has 0 atom stereocenters. The molecule has 0 spiro atoms. The first-order valence-electron chi connectivity index (χ1n) is 9.05. The minimum absolute atomic E-state index is 0.119. The number of benzene rings is 1.